The van der Waals surface area contributed by atoms with Crippen LogP contribution in [-0.4, -0.2) is 15.0 Å². The van der Waals surface area contributed by atoms with Gasteiger partial charge in [0.25, 0.3) is 0 Å². The van der Waals surface area contributed by atoms with Gasteiger partial charge < -0.3 is 13.3 Å². The highest BCUT2D eigenvalue weighted by atomic mass is 16.3. The molecule has 0 bridgehead atoms. The summed E-state index contributed by atoms with van der Waals surface area (Å²) in [5, 5.41) is 6.26. The van der Waals surface area contributed by atoms with Crippen LogP contribution in [-0.2, 0) is 0 Å². The predicted octanol–water partition coefficient (Wildman–Crippen LogP) is 13.9. The molecule has 4 aromatic heterocycles. The van der Waals surface area contributed by atoms with E-state index in [1.165, 1.54) is 0 Å². The molecule has 0 aliphatic heterocycles. The van der Waals surface area contributed by atoms with Crippen LogP contribution >= 0.6 is 0 Å². The first-order chi connectivity index (χ1) is 28.2. The molecule has 12 rings (SSSR count). The van der Waals surface area contributed by atoms with Crippen molar-refractivity contribution in [3.8, 4) is 56.4 Å². The van der Waals surface area contributed by atoms with E-state index in [0.29, 0.717) is 17.5 Å². The average molecular weight is 732 g/mol. The summed E-state index contributed by atoms with van der Waals surface area (Å²) in [6.07, 6.45) is 0. The lowest BCUT2D eigenvalue weighted by molar-refractivity contribution is 0.665. The summed E-state index contributed by atoms with van der Waals surface area (Å²) in [5.74, 6) is 1.78. The first-order valence-corrected chi connectivity index (χ1v) is 18.9. The Morgan fingerprint density at radius 1 is 0.263 bits per heavy atom. The van der Waals surface area contributed by atoms with Crippen molar-refractivity contribution in [2.45, 2.75) is 0 Å². The summed E-state index contributed by atoms with van der Waals surface area (Å²) in [7, 11) is 0. The van der Waals surface area contributed by atoms with Gasteiger partial charge in [-0.3, -0.25) is 0 Å². The molecule has 0 unspecified atom stereocenters. The highest BCUT2D eigenvalue weighted by Crippen LogP contribution is 2.45. The van der Waals surface area contributed by atoms with E-state index in [4.69, 9.17) is 28.2 Å². The minimum Gasteiger partial charge on any atom is -0.455 e. The number of hydrogen-bond donors (Lipinski definition) is 0. The second-order valence-corrected chi connectivity index (χ2v) is 14.3. The van der Waals surface area contributed by atoms with Crippen LogP contribution in [0.3, 0.4) is 0 Å². The Labute approximate surface area is 325 Å². The van der Waals surface area contributed by atoms with Crippen LogP contribution in [0.1, 0.15) is 0 Å². The zero-order valence-corrected chi connectivity index (χ0v) is 30.3. The number of fused-ring (bicyclic) bond motifs is 9. The maximum atomic E-state index is 6.94. The Morgan fingerprint density at radius 3 is 1.37 bits per heavy atom. The second kappa shape index (κ2) is 12.3. The summed E-state index contributed by atoms with van der Waals surface area (Å²) in [5.41, 5.74) is 11.4. The monoisotopic (exact) mass is 731 g/mol. The first-order valence-electron chi connectivity index (χ1n) is 18.9. The van der Waals surface area contributed by atoms with Gasteiger partial charge in [0.2, 0.25) is 0 Å². The number of rotatable bonds is 5. The standard InChI is InChI=1S/C51H29N3O3/c1-3-13-30(14-4-1)49-52-50(31-15-5-2-6-16-31)54-51(53-49)32-25-26-37-41-27-33(34-19-11-20-38-35-17-7-9-23-43(35)55-46(34)38)28-42(48(41)57-45(37)29-32)40-22-12-21-39-36-18-8-10-24-44(36)56-47(39)40/h1-29H. The summed E-state index contributed by atoms with van der Waals surface area (Å²) < 4.78 is 20.1. The van der Waals surface area contributed by atoms with Crippen molar-refractivity contribution in [3.05, 3.63) is 176 Å². The van der Waals surface area contributed by atoms with E-state index in [1.807, 2.05) is 97.1 Å². The SMILES string of the molecule is c1ccc(-c2nc(-c3ccccc3)nc(-c3ccc4c(c3)oc3c(-c5cccc6c5oc5ccccc56)cc(-c5cccc6c5oc5ccccc56)cc34)n2)cc1. The summed E-state index contributed by atoms with van der Waals surface area (Å²) in [6, 6.07) is 59.7. The third kappa shape index (κ3) is 5.01. The lowest BCUT2D eigenvalue weighted by atomic mass is 9.94. The molecule has 57 heavy (non-hydrogen) atoms. The van der Waals surface area contributed by atoms with E-state index in [0.717, 1.165) is 105 Å². The number of aromatic nitrogens is 3. The molecule has 8 aromatic carbocycles. The fourth-order valence-electron chi connectivity index (χ4n) is 8.24. The maximum absolute atomic E-state index is 6.94. The quantitative estimate of drug-likeness (QED) is 0.175. The van der Waals surface area contributed by atoms with Crippen LogP contribution in [0.4, 0.5) is 0 Å². The van der Waals surface area contributed by atoms with Crippen molar-refractivity contribution in [2.24, 2.45) is 0 Å². The van der Waals surface area contributed by atoms with E-state index in [1.54, 1.807) is 0 Å². The second-order valence-electron chi connectivity index (χ2n) is 14.3. The predicted molar refractivity (Wildman–Crippen MR) is 229 cm³/mol. The Kier molecular flexibility index (Phi) is 6.83. The van der Waals surface area contributed by atoms with Crippen LogP contribution in [0.25, 0.3) is 122 Å². The zero-order valence-electron chi connectivity index (χ0n) is 30.3. The molecule has 12 aromatic rings. The summed E-state index contributed by atoms with van der Waals surface area (Å²) >= 11 is 0. The smallest absolute Gasteiger partial charge is 0.164 e. The highest BCUT2D eigenvalue weighted by Gasteiger charge is 2.22. The van der Waals surface area contributed by atoms with Crippen LogP contribution in [0.15, 0.2) is 189 Å². The molecule has 0 amide bonds. The summed E-state index contributed by atoms with van der Waals surface area (Å²) in [4.78, 5) is 14.9. The van der Waals surface area contributed by atoms with Gasteiger partial charge in [-0.15, -0.1) is 0 Å². The Morgan fingerprint density at radius 2 is 0.737 bits per heavy atom. The lowest BCUT2D eigenvalue weighted by Crippen LogP contribution is -2.00. The van der Waals surface area contributed by atoms with Gasteiger partial charge in [-0.1, -0.05) is 140 Å². The number of hydrogen-bond acceptors (Lipinski definition) is 6. The number of nitrogens with zero attached hydrogens (tertiary/aromatic N) is 3. The van der Waals surface area contributed by atoms with E-state index in [-0.39, 0.29) is 0 Å². The van der Waals surface area contributed by atoms with E-state index in [9.17, 15) is 0 Å². The lowest BCUT2D eigenvalue weighted by Gasteiger charge is -2.09. The molecular formula is C51H29N3O3. The summed E-state index contributed by atoms with van der Waals surface area (Å²) in [6.45, 7) is 0. The normalized spacial score (nSPS) is 11.9. The van der Waals surface area contributed by atoms with E-state index >= 15 is 0 Å². The van der Waals surface area contributed by atoms with Gasteiger partial charge in [0.15, 0.2) is 17.5 Å². The molecule has 6 nitrogen and oxygen atoms in total. The Hall–Kier alpha value is -7.83. The van der Waals surface area contributed by atoms with E-state index < -0.39 is 0 Å². The van der Waals surface area contributed by atoms with Crippen LogP contribution in [0.2, 0.25) is 0 Å². The third-order valence-electron chi connectivity index (χ3n) is 10.9. The van der Waals surface area contributed by atoms with Crippen molar-refractivity contribution in [2.75, 3.05) is 0 Å². The van der Waals surface area contributed by atoms with Crippen LogP contribution < -0.4 is 0 Å². The molecule has 0 aliphatic carbocycles. The molecule has 0 fully saturated rings. The average Bonchev–Trinajstić information content (AvgIpc) is 3.98. The van der Waals surface area contributed by atoms with E-state index in [2.05, 4.69) is 78.9 Å². The number of furan rings is 3. The molecule has 0 radical (unpaired) electrons. The largest absolute Gasteiger partial charge is 0.455 e. The minimum atomic E-state index is 0.564. The molecule has 0 N–H and O–H groups in total. The maximum Gasteiger partial charge on any atom is 0.164 e. The van der Waals surface area contributed by atoms with Gasteiger partial charge in [0.05, 0.1) is 0 Å². The van der Waals surface area contributed by atoms with Crippen LogP contribution in [0, 0.1) is 0 Å². The zero-order chi connectivity index (χ0) is 37.5. The first kappa shape index (κ1) is 31.5. The molecule has 6 heteroatoms. The van der Waals surface area contributed by atoms with Crippen molar-refractivity contribution >= 4 is 65.8 Å². The van der Waals surface area contributed by atoms with Gasteiger partial charge in [-0.05, 0) is 42.0 Å². The van der Waals surface area contributed by atoms with Gasteiger partial charge in [0.1, 0.15) is 33.5 Å². The molecule has 266 valence electrons. The molecular weight excluding hydrogens is 703 g/mol. The Balaban J connectivity index is 1.11. The molecule has 0 atom stereocenters. The molecule has 0 spiro atoms. The third-order valence-corrected chi connectivity index (χ3v) is 10.9. The highest BCUT2D eigenvalue weighted by molar-refractivity contribution is 6.17. The molecule has 0 aliphatic rings. The molecule has 0 saturated carbocycles. The van der Waals surface area contributed by atoms with Gasteiger partial charge in [-0.25, -0.2) is 15.0 Å². The minimum absolute atomic E-state index is 0.564. The van der Waals surface area contributed by atoms with Crippen molar-refractivity contribution in [1.29, 1.82) is 0 Å². The topological polar surface area (TPSA) is 78.1 Å². The number of benzene rings is 8. The van der Waals surface area contributed by atoms with Crippen molar-refractivity contribution in [3.63, 3.8) is 0 Å². The fourth-order valence-corrected chi connectivity index (χ4v) is 8.24. The molecule has 0 saturated heterocycles. The Bertz CT molecular complexity index is 3470. The van der Waals surface area contributed by atoms with Gasteiger partial charge in [-0.2, -0.15) is 0 Å². The van der Waals surface area contributed by atoms with Crippen molar-refractivity contribution < 1.29 is 13.3 Å². The van der Waals surface area contributed by atoms with Crippen LogP contribution in [0.5, 0.6) is 0 Å². The van der Waals surface area contributed by atoms with Gasteiger partial charge in [0, 0.05) is 65.7 Å². The van der Waals surface area contributed by atoms with Gasteiger partial charge >= 0.3 is 0 Å². The number of para-hydroxylation sites is 4. The van der Waals surface area contributed by atoms with Crippen molar-refractivity contribution in [1.82, 2.24) is 15.0 Å². The fraction of sp³-hybridized carbons (Fsp3) is 0. The molecule has 4 heterocycles.